The summed E-state index contributed by atoms with van der Waals surface area (Å²) < 4.78 is 10.6. The fourth-order valence-corrected chi connectivity index (χ4v) is 3.41. The second kappa shape index (κ2) is 6.02. The minimum absolute atomic E-state index is 0.634. The maximum atomic E-state index is 5.32. The number of nitrogens with zero attached hydrogens (tertiary/aromatic N) is 1. The molecule has 1 N–H and O–H groups in total. The summed E-state index contributed by atoms with van der Waals surface area (Å²) in [7, 11) is 3.39. The molecule has 3 aliphatic rings. The van der Waals surface area contributed by atoms with Gasteiger partial charge in [0.2, 0.25) is 0 Å². The highest BCUT2D eigenvalue weighted by Gasteiger charge is 2.33. The lowest BCUT2D eigenvalue weighted by molar-refractivity contribution is 0.0720. The van der Waals surface area contributed by atoms with Crippen LogP contribution in [-0.2, 0) is 6.54 Å². The Kier molecular flexibility index (Phi) is 4.13. The normalized spacial score (nSPS) is 28.4. The lowest BCUT2D eigenvalue weighted by Gasteiger charge is -2.45. The number of piperidine rings is 3. The minimum Gasteiger partial charge on any atom is -0.497 e. The summed E-state index contributed by atoms with van der Waals surface area (Å²) in [6.07, 6.45) is 2.69. The summed E-state index contributed by atoms with van der Waals surface area (Å²) >= 11 is 0. The minimum atomic E-state index is 0.634. The molecule has 1 aromatic rings. The molecule has 3 aliphatic heterocycles. The predicted octanol–water partition coefficient (Wildman–Crippen LogP) is 1.89. The van der Waals surface area contributed by atoms with Crippen LogP contribution in [0.15, 0.2) is 18.2 Å². The Morgan fingerprint density at radius 1 is 1.10 bits per heavy atom. The number of hydrogen-bond acceptors (Lipinski definition) is 4. The maximum absolute atomic E-state index is 5.32. The highest BCUT2D eigenvalue weighted by atomic mass is 16.5. The van der Waals surface area contributed by atoms with E-state index < -0.39 is 0 Å². The number of rotatable bonds is 5. The average Bonchev–Trinajstić information content (AvgIpc) is 2.53. The first-order valence-corrected chi connectivity index (χ1v) is 7.46. The summed E-state index contributed by atoms with van der Waals surface area (Å²) in [6, 6.07) is 6.71. The van der Waals surface area contributed by atoms with Crippen molar-refractivity contribution in [3.8, 4) is 11.5 Å². The second-order valence-corrected chi connectivity index (χ2v) is 5.85. The molecular weight excluding hydrogens is 252 g/mol. The van der Waals surface area contributed by atoms with Gasteiger partial charge in [0.05, 0.1) is 14.2 Å². The Labute approximate surface area is 121 Å². The Morgan fingerprint density at radius 3 is 2.25 bits per heavy atom. The lowest BCUT2D eigenvalue weighted by Crippen LogP contribution is -2.55. The third-order valence-electron chi connectivity index (χ3n) is 4.64. The molecular formula is C16H24N2O2. The van der Waals surface area contributed by atoms with Crippen molar-refractivity contribution in [2.75, 3.05) is 33.9 Å². The average molecular weight is 276 g/mol. The lowest BCUT2D eigenvalue weighted by atomic mass is 9.84. The smallest absolute Gasteiger partial charge is 0.122 e. The standard InChI is InChI=1S/C16H24N2O2/c1-19-14-7-12(8-15(9-14)20-2)10-17-16-11-18-5-3-13(16)4-6-18/h7-9,13,16-17H,3-6,10-11H2,1-2H3. The predicted molar refractivity (Wildman–Crippen MR) is 79.3 cm³/mol. The van der Waals surface area contributed by atoms with Gasteiger partial charge < -0.3 is 19.7 Å². The van der Waals surface area contributed by atoms with Crippen molar-refractivity contribution in [1.82, 2.24) is 10.2 Å². The molecule has 3 heterocycles. The molecule has 0 spiro atoms. The first-order valence-electron chi connectivity index (χ1n) is 7.46. The van der Waals surface area contributed by atoms with Gasteiger partial charge in [-0.1, -0.05) is 0 Å². The Morgan fingerprint density at radius 2 is 1.75 bits per heavy atom. The highest BCUT2D eigenvalue weighted by Crippen LogP contribution is 2.28. The van der Waals surface area contributed by atoms with E-state index in [1.807, 2.05) is 6.07 Å². The summed E-state index contributed by atoms with van der Waals surface area (Å²) in [5.74, 6) is 2.57. The van der Waals surface area contributed by atoms with Crippen molar-refractivity contribution >= 4 is 0 Å². The van der Waals surface area contributed by atoms with Crippen LogP contribution in [0.1, 0.15) is 18.4 Å². The zero-order chi connectivity index (χ0) is 13.9. The second-order valence-electron chi connectivity index (χ2n) is 5.85. The van der Waals surface area contributed by atoms with Crippen LogP contribution in [0.2, 0.25) is 0 Å². The van der Waals surface area contributed by atoms with E-state index in [-0.39, 0.29) is 0 Å². The van der Waals surface area contributed by atoms with Crippen LogP contribution < -0.4 is 14.8 Å². The van der Waals surface area contributed by atoms with Crippen molar-refractivity contribution in [1.29, 1.82) is 0 Å². The quantitative estimate of drug-likeness (QED) is 0.890. The van der Waals surface area contributed by atoms with E-state index in [0.717, 1.165) is 24.0 Å². The highest BCUT2D eigenvalue weighted by molar-refractivity contribution is 5.38. The summed E-state index contributed by atoms with van der Waals surface area (Å²) in [6.45, 7) is 4.65. The third-order valence-corrected chi connectivity index (χ3v) is 4.64. The Bertz CT molecular complexity index is 434. The zero-order valence-electron chi connectivity index (χ0n) is 12.4. The SMILES string of the molecule is COc1cc(CNC2CN3CCC2CC3)cc(OC)c1. The van der Waals surface area contributed by atoms with E-state index in [2.05, 4.69) is 22.3 Å². The molecule has 0 radical (unpaired) electrons. The molecule has 110 valence electrons. The van der Waals surface area contributed by atoms with Gasteiger partial charge in [0, 0.05) is 25.2 Å². The van der Waals surface area contributed by atoms with Gasteiger partial charge in [-0.05, 0) is 49.5 Å². The number of fused-ring (bicyclic) bond motifs is 3. The van der Waals surface area contributed by atoms with E-state index in [1.165, 1.54) is 38.0 Å². The first-order chi connectivity index (χ1) is 9.78. The number of methoxy groups -OCH3 is 2. The molecule has 1 atom stereocenters. The first kappa shape index (κ1) is 13.7. The van der Waals surface area contributed by atoms with E-state index in [1.54, 1.807) is 14.2 Å². The molecule has 20 heavy (non-hydrogen) atoms. The van der Waals surface area contributed by atoms with Crippen molar-refractivity contribution in [2.24, 2.45) is 5.92 Å². The molecule has 2 bridgehead atoms. The molecule has 0 aliphatic carbocycles. The number of nitrogens with one attached hydrogen (secondary N) is 1. The summed E-state index contributed by atoms with van der Waals surface area (Å²) in [4.78, 5) is 2.57. The van der Waals surface area contributed by atoms with Gasteiger partial charge in [0.15, 0.2) is 0 Å². The van der Waals surface area contributed by atoms with Gasteiger partial charge in [-0.25, -0.2) is 0 Å². The molecule has 4 rings (SSSR count). The number of benzene rings is 1. The molecule has 0 saturated carbocycles. The van der Waals surface area contributed by atoms with Crippen LogP contribution >= 0.6 is 0 Å². The Hall–Kier alpha value is -1.26. The van der Waals surface area contributed by atoms with Gasteiger partial charge in [-0.15, -0.1) is 0 Å². The largest absolute Gasteiger partial charge is 0.497 e. The van der Waals surface area contributed by atoms with Crippen molar-refractivity contribution in [3.05, 3.63) is 23.8 Å². The van der Waals surface area contributed by atoms with Crippen molar-refractivity contribution in [2.45, 2.75) is 25.4 Å². The van der Waals surface area contributed by atoms with Crippen LogP contribution in [-0.4, -0.2) is 44.8 Å². The molecule has 3 saturated heterocycles. The fraction of sp³-hybridized carbons (Fsp3) is 0.625. The fourth-order valence-electron chi connectivity index (χ4n) is 3.41. The van der Waals surface area contributed by atoms with Crippen molar-refractivity contribution in [3.63, 3.8) is 0 Å². The maximum Gasteiger partial charge on any atom is 0.122 e. The molecule has 1 unspecified atom stereocenters. The number of ether oxygens (including phenoxy) is 2. The van der Waals surface area contributed by atoms with Crippen LogP contribution in [0.3, 0.4) is 0 Å². The number of hydrogen-bond donors (Lipinski definition) is 1. The summed E-state index contributed by atoms with van der Waals surface area (Å²) in [5.41, 5.74) is 1.22. The van der Waals surface area contributed by atoms with Gasteiger partial charge in [-0.2, -0.15) is 0 Å². The van der Waals surface area contributed by atoms with Gasteiger partial charge in [0.1, 0.15) is 11.5 Å². The third kappa shape index (κ3) is 2.91. The van der Waals surface area contributed by atoms with Crippen LogP contribution in [0.25, 0.3) is 0 Å². The van der Waals surface area contributed by atoms with Gasteiger partial charge in [0.25, 0.3) is 0 Å². The van der Waals surface area contributed by atoms with E-state index in [0.29, 0.717) is 6.04 Å². The van der Waals surface area contributed by atoms with Crippen LogP contribution in [0, 0.1) is 5.92 Å². The zero-order valence-corrected chi connectivity index (χ0v) is 12.4. The Balaban J connectivity index is 1.63. The van der Waals surface area contributed by atoms with Crippen molar-refractivity contribution < 1.29 is 9.47 Å². The monoisotopic (exact) mass is 276 g/mol. The van der Waals surface area contributed by atoms with Crippen LogP contribution in [0.4, 0.5) is 0 Å². The topological polar surface area (TPSA) is 33.7 Å². The van der Waals surface area contributed by atoms with E-state index in [9.17, 15) is 0 Å². The molecule has 4 heteroatoms. The van der Waals surface area contributed by atoms with E-state index >= 15 is 0 Å². The molecule has 1 aromatic carbocycles. The molecule has 0 aromatic heterocycles. The van der Waals surface area contributed by atoms with E-state index in [4.69, 9.17) is 9.47 Å². The molecule has 0 amide bonds. The summed E-state index contributed by atoms with van der Waals surface area (Å²) in [5, 5.41) is 3.72. The van der Waals surface area contributed by atoms with Gasteiger partial charge >= 0.3 is 0 Å². The van der Waals surface area contributed by atoms with Crippen LogP contribution in [0.5, 0.6) is 11.5 Å². The molecule has 3 fully saturated rings. The van der Waals surface area contributed by atoms with Gasteiger partial charge in [-0.3, -0.25) is 0 Å². The molecule has 4 nitrogen and oxygen atoms in total.